The summed E-state index contributed by atoms with van der Waals surface area (Å²) < 4.78 is 43.0. The van der Waals surface area contributed by atoms with E-state index >= 15 is 0 Å². The summed E-state index contributed by atoms with van der Waals surface area (Å²) in [5.74, 6) is 4.10. The first-order valence-electron chi connectivity index (χ1n) is 6.61. The summed E-state index contributed by atoms with van der Waals surface area (Å²) in [7, 11) is 1.53. The molecular weight excluding hydrogens is 347 g/mol. The van der Waals surface area contributed by atoms with Crippen LogP contribution in [-0.4, -0.2) is 33.6 Å². The Morgan fingerprint density at radius 2 is 2.17 bits per heavy atom. The van der Waals surface area contributed by atoms with E-state index < -0.39 is 12.0 Å². The second-order valence-corrected chi connectivity index (χ2v) is 5.53. The molecule has 0 fully saturated rings. The Kier molecular flexibility index (Phi) is 5.54. The molecule has 2 rings (SSSR count). The van der Waals surface area contributed by atoms with Crippen LogP contribution in [0.4, 0.5) is 13.2 Å². The predicted octanol–water partition coefficient (Wildman–Crippen LogP) is 1.43. The summed E-state index contributed by atoms with van der Waals surface area (Å²) in [5.41, 5.74) is 0.828. The third-order valence-electron chi connectivity index (χ3n) is 2.87. The summed E-state index contributed by atoms with van der Waals surface area (Å²) >= 11 is 0.763. The number of aromatic nitrogens is 3. The Bertz CT molecular complexity index is 720. The number of rotatable bonds is 6. The number of benzene rings is 1. The number of hydrogen-bond donors (Lipinski definition) is 2. The van der Waals surface area contributed by atoms with Crippen LogP contribution in [0.15, 0.2) is 29.4 Å². The van der Waals surface area contributed by atoms with Gasteiger partial charge in [-0.1, -0.05) is 23.9 Å². The van der Waals surface area contributed by atoms with Gasteiger partial charge in [-0.25, -0.2) is 4.68 Å². The van der Waals surface area contributed by atoms with Gasteiger partial charge in [-0.05, 0) is 17.7 Å². The topological polar surface area (TPSA) is 95.1 Å². The normalized spacial score (nSPS) is 11.3. The highest BCUT2D eigenvalue weighted by Crippen LogP contribution is 2.28. The fourth-order valence-electron chi connectivity index (χ4n) is 1.73. The number of nitrogen functional groups attached to an aromatic ring is 1. The van der Waals surface area contributed by atoms with Gasteiger partial charge in [0.25, 0.3) is 5.82 Å². The van der Waals surface area contributed by atoms with E-state index in [4.69, 9.17) is 10.6 Å². The number of thioether (sulfide) groups is 1. The Morgan fingerprint density at radius 3 is 2.79 bits per heavy atom. The monoisotopic (exact) mass is 361 g/mol. The van der Waals surface area contributed by atoms with Gasteiger partial charge < -0.3 is 15.9 Å². The van der Waals surface area contributed by atoms with Gasteiger partial charge in [0.2, 0.25) is 11.1 Å². The van der Waals surface area contributed by atoms with E-state index in [0.29, 0.717) is 10.4 Å². The van der Waals surface area contributed by atoms with Crippen LogP contribution in [0.25, 0.3) is 0 Å². The lowest BCUT2D eigenvalue weighted by Gasteiger charge is -2.07. The lowest BCUT2D eigenvalue weighted by Crippen LogP contribution is -2.25. The van der Waals surface area contributed by atoms with Crippen molar-refractivity contribution in [3.8, 4) is 5.75 Å². The number of hydrogen-bond acceptors (Lipinski definition) is 6. The Hall–Kier alpha value is -2.43. The quantitative estimate of drug-likeness (QED) is 0.597. The van der Waals surface area contributed by atoms with Crippen molar-refractivity contribution in [3.63, 3.8) is 0 Å². The second kappa shape index (κ2) is 7.43. The van der Waals surface area contributed by atoms with Crippen molar-refractivity contribution in [2.24, 2.45) is 0 Å². The van der Waals surface area contributed by atoms with Crippen molar-refractivity contribution in [2.75, 3.05) is 18.7 Å². The van der Waals surface area contributed by atoms with Crippen LogP contribution < -0.4 is 15.9 Å². The molecule has 1 aromatic heterocycles. The fraction of sp³-hybridized carbons (Fsp3) is 0.308. The molecule has 0 aliphatic heterocycles. The maximum Gasteiger partial charge on any atom is 0.453 e. The summed E-state index contributed by atoms with van der Waals surface area (Å²) in [6.45, 7) is 0.264. The molecule has 2 aromatic rings. The molecule has 1 amide bonds. The zero-order valence-electron chi connectivity index (χ0n) is 12.5. The molecule has 24 heavy (non-hydrogen) atoms. The lowest BCUT2D eigenvalue weighted by atomic mass is 10.2. The van der Waals surface area contributed by atoms with E-state index in [1.165, 1.54) is 7.11 Å². The van der Waals surface area contributed by atoms with Gasteiger partial charge >= 0.3 is 6.18 Å². The second-order valence-electron chi connectivity index (χ2n) is 4.59. The number of amides is 1. The SMILES string of the molecule is COc1cccc(CNC(=O)CSc2nnc(C(F)(F)F)n2N)c1. The van der Waals surface area contributed by atoms with Crippen molar-refractivity contribution < 1.29 is 22.7 Å². The Labute approximate surface area is 139 Å². The van der Waals surface area contributed by atoms with E-state index in [0.717, 1.165) is 17.3 Å². The largest absolute Gasteiger partial charge is 0.497 e. The molecule has 0 aliphatic carbocycles. The van der Waals surface area contributed by atoms with Crippen molar-refractivity contribution >= 4 is 17.7 Å². The van der Waals surface area contributed by atoms with Gasteiger partial charge in [-0.2, -0.15) is 13.2 Å². The number of ether oxygens (including phenoxy) is 1. The molecule has 11 heteroatoms. The van der Waals surface area contributed by atoms with Crippen LogP contribution in [0.3, 0.4) is 0 Å². The number of carbonyl (C=O) groups is 1. The number of nitrogens with one attached hydrogen (secondary N) is 1. The third kappa shape index (κ3) is 4.54. The molecule has 0 atom stereocenters. The van der Waals surface area contributed by atoms with Gasteiger partial charge in [0.1, 0.15) is 5.75 Å². The smallest absolute Gasteiger partial charge is 0.453 e. The predicted molar refractivity (Wildman–Crippen MR) is 80.7 cm³/mol. The van der Waals surface area contributed by atoms with E-state index in [9.17, 15) is 18.0 Å². The number of carbonyl (C=O) groups excluding carboxylic acids is 1. The van der Waals surface area contributed by atoms with Gasteiger partial charge in [0.15, 0.2) is 0 Å². The molecule has 0 radical (unpaired) electrons. The lowest BCUT2D eigenvalue weighted by molar-refractivity contribution is -0.146. The van der Waals surface area contributed by atoms with Crippen molar-refractivity contribution in [3.05, 3.63) is 35.7 Å². The van der Waals surface area contributed by atoms with Crippen molar-refractivity contribution in [2.45, 2.75) is 17.9 Å². The molecule has 130 valence electrons. The molecular formula is C13H14F3N5O2S. The molecule has 3 N–H and O–H groups in total. The molecule has 0 unspecified atom stereocenters. The van der Waals surface area contributed by atoms with Crippen LogP contribution in [0.1, 0.15) is 11.4 Å². The van der Waals surface area contributed by atoms with Crippen LogP contribution in [0.5, 0.6) is 5.75 Å². The van der Waals surface area contributed by atoms with Gasteiger partial charge in [-0.15, -0.1) is 10.2 Å². The first-order valence-corrected chi connectivity index (χ1v) is 7.60. The zero-order valence-corrected chi connectivity index (χ0v) is 13.3. The minimum Gasteiger partial charge on any atom is -0.497 e. The third-order valence-corrected chi connectivity index (χ3v) is 3.82. The molecule has 0 saturated carbocycles. The van der Waals surface area contributed by atoms with Crippen molar-refractivity contribution in [1.29, 1.82) is 0 Å². The summed E-state index contributed by atoms with van der Waals surface area (Å²) in [6, 6.07) is 7.12. The number of nitrogens with two attached hydrogens (primary N) is 1. The molecule has 0 aliphatic rings. The highest BCUT2D eigenvalue weighted by Gasteiger charge is 2.38. The Balaban J connectivity index is 1.86. The zero-order chi connectivity index (χ0) is 17.7. The number of halogens is 3. The maximum absolute atomic E-state index is 12.5. The minimum atomic E-state index is -4.70. The van der Waals surface area contributed by atoms with E-state index in [-0.39, 0.29) is 23.4 Å². The molecule has 1 aromatic carbocycles. The fourth-order valence-corrected chi connectivity index (χ4v) is 2.42. The summed E-state index contributed by atoms with van der Waals surface area (Å²) in [6.07, 6.45) is -4.70. The van der Waals surface area contributed by atoms with Crippen LogP contribution in [0, 0.1) is 0 Å². The van der Waals surface area contributed by atoms with E-state index in [1.54, 1.807) is 18.2 Å². The van der Waals surface area contributed by atoms with Gasteiger partial charge in [-0.3, -0.25) is 4.79 Å². The van der Waals surface area contributed by atoms with Gasteiger partial charge in [0.05, 0.1) is 12.9 Å². The van der Waals surface area contributed by atoms with Crippen LogP contribution in [0.2, 0.25) is 0 Å². The number of methoxy groups -OCH3 is 1. The summed E-state index contributed by atoms with van der Waals surface area (Å²) in [5, 5.41) is 8.75. The van der Waals surface area contributed by atoms with E-state index in [1.807, 2.05) is 6.07 Å². The number of alkyl halides is 3. The van der Waals surface area contributed by atoms with Crippen LogP contribution >= 0.6 is 11.8 Å². The number of nitrogens with zero attached hydrogens (tertiary/aromatic N) is 3. The van der Waals surface area contributed by atoms with Gasteiger partial charge in [0, 0.05) is 6.54 Å². The first kappa shape index (κ1) is 17.9. The molecule has 0 saturated heterocycles. The molecule has 1 heterocycles. The van der Waals surface area contributed by atoms with Crippen LogP contribution in [-0.2, 0) is 17.5 Å². The Morgan fingerprint density at radius 1 is 1.42 bits per heavy atom. The van der Waals surface area contributed by atoms with Crippen molar-refractivity contribution in [1.82, 2.24) is 20.2 Å². The first-order chi connectivity index (χ1) is 11.3. The highest BCUT2D eigenvalue weighted by molar-refractivity contribution is 7.99. The maximum atomic E-state index is 12.5. The molecule has 0 bridgehead atoms. The molecule has 7 nitrogen and oxygen atoms in total. The van der Waals surface area contributed by atoms with E-state index in [2.05, 4.69) is 15.5 Å². The standard InChI is InChI=1S/C13H14F3N5O2S/c1-23-9-4-2-3-8(5-9)6-18-10(22)7-24-12-20-19-11(21(12)17)13(14,15)16/h2-5H,6-7,17H2,1H3,(H,18,22). The average Bonchev–Trinajstić information content (AvgIpc) is 2.92. The minimum absolute atomic E-state index is 0.142. The molecule has 0 spiro atoms. The summed E-state index contributed by atoms with van der Waals surface area (Å²) in [4.78, 5) is 11.8. The highest BCUT2D eigenvalue weighted by atomic mass is 32.2. The average molecular weight is 361 g/mol.